The van der Waals surface area contributed by atoms with Gasteiger partial charge in [-0.25, -0.2) is 9.97 Å². The van der Waals surface area contributed by atoms with Crippen LogP contribution in [0, 0.1) is 13.8 Å². The van der Waals surface area contributed by atoms with E-state index < -0.39 is 0 Å². The van der Waals surface area contributed by atoms with E-state index in [1.165, 1.54) is 5.56 Å². The molecule has 0 saturated carbocycles. The normalized spacial score (nSPS) is 10.5. The van der Waals surface area contributed by atoms with E-state index in [1.54, 1.807) is 26.4 Å². The summed E-state index contributed by atoms with van der Waals surface area (Å²) in [4.78, 5) is 9.01. The maximum absolute atomic E-state index is 6.17. The first-order valence-corrected chi connectivity index (χ1v) is 8.49. The number of ether oxygens (including phenoxy) is 2. The fourth-order valence-electron chi connectivity index (χ4n) is 2.60. The fourth-order valence-corrected chi connectivity index (χ4v) is 2.83. The Kier molecular flexibility index (Phi) is 5.28. The second-order valence-corrected chi connectivity index (χ2v) is 6.27. The molecule has 134 valence electrons. The number of aryl methyl sites for hydroxylation is 2. The van der Waals surface area contributed by atoms with Crippen LogP contribution < -0.4 is 14.8 Å². The van der Waals surface area contributed by atoms with E-state index in [1.807, 2.05) is 25.1 Å². The highest BCUT2D eigenvalue weighted by molar-refractivity contribution is 6.32. The summed E-state index contributed by atoms with van der Waals surface area (Å²) in [5, 5.41) is 3.75. The third-order valence-corrected chi connectivity index (χ3v) is 4.22. The molecule has 0 aliphatic rings. The summed E-state index contributed by atoms with van der Waals surface area (Å²) in [6, 6.07) is 13.6. The lowest BCUT2D eigenvalue weighted by Gasteiger charge is -2.14. The average Bonchev–Trinajstić information content (AvgIpc) is 2.63. The molecule has 0 spiro atoms. The van der Waals surface area contributed by atoms with Crippen LogP contribution in [-0.4, -0.2) is 24.2 Å². The summed E-state index contributed by atoms with van der Waals surface area (Å²) in [6.45, 7) is 3.92. The van der Waals surface area contributed by atoms with Gasteiger partial charge in [0, 0.05) is 23.8 Å². The van der Waals surface area contributed by atoms with Gasteiger partial charge >= 0.3 is 0 Å². The van der Waals surface area contributed by atoms with Crippen LogP contribution in [0.15, 0.2) is 42.5 Å². The third-order valence-electron chi connectivity index (χ3n) is 3.92. The molecule has 1 N–H and O–H groups in total. The van der Waals surface area contributed by atoms with Gasteiger partial charge < -0.3 is 14.8 Å². The molecule has 2 aromatic carbocycles. The van der Waals surface area contributed by atoms with Crippen molar-refractivity contribution in [2.75, 3.05) is 19.5 Å². The van der Waals surface area contributed by atoms with Crippen LogP contribution in [-0.2, 0) is 0 Å². The van der Waals surface area contributed by atoms with Crippen LogP contribution in [0.4, 0.5) is 11.5 Å². The Labute approximate surface area is 158 Å². The summed E-state index contributed by atoms with van der Waals surface area (Å²) < 4.78 is 10.7. The third kappa shape index (κ3) is 3.89. The first-order valence-electron chi connectivity index (χ1n) is 8.11. The molecule has 6 heteroatoms. The minimum Gasteiger partial charge on any atom is -0.495 e. The van der Waals surface area contributed by atoms with Crippen molar-refractivity contribution in [2.24, 2.45) is 0 Å². The van der Waals surface area contributed by atoms with Crippen molar-refractivity contribution >= 4 is 23.1 Å². The number of hydrogen-bond donors (Lipinski definition) is 1. The number of nitrogens with zero attached hydrogens (tertiary/aromatic N) is 2. The summed E-state index contributed by atoms with van der Waals surface area (Å²) in [5.41, 5.74) is 3.79. The zero-order chi connectivity index (χ0) is 18.7. The lowest BCUT2D eigenvalue weighted by atomic mass is 10.1. The van der Waals surface area contributed by atoms with Gasteiger partial charge in [-0.15, -0.1) is 0 Å². The van der Waals surface area contributed by atoms with E-state index in [0.29, 0.717) is 33.9 Å². The van der Waals surface area contributed by atoms with Crippen LogP contribution in [0.2, 0.25) is 5.02 Å². The predicted molar refractivity (Wildman–Crippen MR) is 105 cm³/mol. The molecule has 5 nitrogen and oxygen atoms in total. The van der Waals surface area contributed by atoms with E-state index >= 15 is 0 Å². The highest BCUT2D eigenvalue weighted by Crippen LogP contribution is 2.37. The monoisotopic (exact) mass is 369 g/mol. The van der Waals surface area contributed by atoms with Crippen LogP contribution >= 0.6 is 11.6 Å². The highest BCUT2D eigenvalue weighted by Gasteiger charge is 2.12. The largest absolute Gasteiger partial charge is 0.495 e. The van der Waals surface area contributed by atoms with Crippen LogP contribution in [0.3, 0.4) is 0 Å². The minimum atomic E-state index is 0.481. The predicted octanol–water partition coefficient (Wildman–Crippen LogP) is 5.17. The van der Waals surface area contributed by atoms with E-state index in [4.69, 9.17) is 21.1 Å². The Morgan fingerprint density at radius 2 is 1.58 bits per heavy atom. The molecule has 3 rings (SSSR count). The maximum atomic E-state index is 6.17. The van der Waals surface area contributed by atoms with Crippen molar-refractivity contribution in [1.82, 2.24) is 9.97 Å². The van der Waals surface area contributed by atoms with Gasteiger partial charge in [-0.05, 0) is 13.8 Å². The number of nitrogens with one attached hydrogen (secondary N) is 1. The molecule has 3 aromatic rings. The van der Waals surface area contributed by atoms with Crippen molar-refractivity contribution in [2.45, 2.75) is 13.8 Å². The molecule has 0 radical (unpaired) electrons. The maximum Gasteiger partial charge on any atom is 0.144 e. The zero-order valence-electron chi connectivity index (χ0n) is 15.1. The Balaban J connectivity index is 1.99. The number of hydrogen-bond acceptors (Lipinski definition) is 5. The molecule has 0 saturated heterocycles. The number of methoxy groups -OCH3 is 2. The molecule has 0 fully saturated rings. The van der Waals surface area contributed by atoms with Crippen LogP contribution in [0.5, 0.6) is 11.5 Å². The standard InChI is InChI=1S/C20H20ClN3O2/c1-12-5-7-14(8-6-12)16-11-20(23-13(2)22-16)24-17-10-18(25-3)15(21)9-19(17)26-4/h5-11H,1-4H3,(H,22,23,24). The Bertz CT molecular complexity index is 927. The highest BCUT2D eigenvalue weighted by atomic mass is 35.5. The van der Waals surface area contributed by atoms with E-state index in [9.17, 15) is 0 Å². The van der Waals surface area contributed by atoms with Crippen molar-refractivity contribution < 1.29 is 9.47 Å². The van der Waals surface area contributed by atoms with Gasteiger partial charge in [0.2, 0.25) is 0 Å². The van der Waals surface area contributed by atoms with Crippen molar-refractivity contribution in [3.05, 3.63) is 58.9 Å². The van der Waals surface area contributed by atoms with Gasteiger partial charge in [0.25, 0.3) is 0 Å². The zero-order valence-corrected chi connectivity index (χ0v) is 15.9. The number of benzene rings is 2. The molecule has 0 atom stereocenters. The van der Waals surface area contributed by atoms with Crippen molar-refractivity contribution in [3.8, 4) is 22.8 Å². The van der Waals surface area contributed by atoms with Gasteiger partial charge in [0.1, 0.15) is 23.1 Å². The molecule has 0 amide bonds. The second kappa shape index (κ2) is 7.62. The van der Waals surface area contributed by atoms with Crippen LogP contribution in [0.1, 0.15) is 11.4 Å². The van der Waals surface area contributed by atoms with Crippen molar-refractivity contribution in [1.29, 1.82) is 0 Å². The van der Waals surface area contributed by atoms with E-state index in [0.717, 1.165) is 11.3 Å². The van der Waals surface area contributed by atoms with Crippen LogP contribution in [0.25, 0.3) is 11.3 Å². The molecular formula is C20H20ClN3O2. The van der Waals surface area contributed by atoms with E-state index in [-0.39, 0.29) is 0 Å². The van der Waals surface area contributed by atoms with Gasteiger partial charge in [0.05, 0.1) is 30.6 Å². The summed E-state index contributed by atoms with van der Waals surface area (Å²) in [6.07, 6.45) is 0. The molecule has 0 bridgehead atoms. The topological polar surface area (TPSA) is 56.3 Å². The lowest BCUT2D eigenvalue weighted by Crippen LogP contribution is -2.01. The van der Waals surface area contributed by atoms with Crippen molar-refractivity contribution in [3.63, 3.8) is 0 Å². The first-order chi connectivity index (χ1) is 12.5. The molecule has 0 aliphatic heterocycles. The Morgan fingerprint density at radius 3 is 2.23 bits per heavy atom. The average molecular weight is 370 g/mol. The lowest BCUT2D eigenvalue weighted by molar-refractivity contribution is 0.405. The Hall–Kier alpha value is -2.79. The summed E-state index contributed by atoms with van der Waals surface area (Å²) in [7, 11) is 3.16. The first kappa shape index (κ1) is 18.0. The molecule has 0 unspecified atom stereocenters. The van der Waals surface area contributed by atoms with Gasteiger partial charge in [-0.3, -0.25) is 0 Å². The summed E-state index contributed by atoms with van der Waals surface area (Å²) >= 11 is 6.17. The van der Waals surface area contributed by atoms with Gasteiger partial charge in [-0.2, -0.15) is 0 Å². The Morgan fingerprint density at radius 1 is 0.885 bits per heavy atom. The minimum absolute atomic E-state index is 0.481. The second-order valence-electron chi connectivity index (χ2n) is 5.86. The van der Waals surface area contributed by atoms with Gasteiger partial charge in [-0.1, -0.05) is 41.4 Å². The quantitative estimate of drug-likeness (QED) is 0.672. The van der Waals surface area contributed by atoms with Gasteiger partial charge in [0.15, 0.2) is 0 Å². The van der Waals surface area contributed by atoms with E-state index in [2.05, 4.69) is 34.3 Å². The molecule has 1 heterocycles. The molecule has 1 aromatic heterocycles. The molecule has 26 heavy (non-hydrogen) atoms. The fraction of sp³-hybridized carbons (Fsp3) is 0.200. The molecular weight excluding hydrogens is 350 g/mol. The number of halogens is 1. The number of rotatable bonds is 5. The number of anilines is 2. The molecule has 0 aliphatic carbocycles. The number of aromatic nitrogens is 2. The smallest absolute Gasteiger partial charge is 0.144 e. The summed E-state index contributed by atoms with van der Waals surface area (Å²) in [5.74, 6) is 2.49. The SMILES string of the molecule is COc1cc(Nc2cc(-c3ccc(C)cc3)nc(C)n2)c(OC)cc1Cl.